The third kappa shape index (κ3) is 4.70. The van der Waals surface area contributed by atoms with Crippen LogP contribution in [0.2, 0.25) is 0 Å². The van der Waals surface area contributed by atoms with Crippen LogP contribution in [0.5, 0.6) is 0 Å². The molecule has 154 valence electrons. The molecule has 0 bridgehead atoms. The molecule has 2 aliphatic heterocycles. The van der Waals surface area contributed by atoms with Crippen LogP contribution in [0, 0.1) is 11.8 Å². The van der Waals surface area contributed by atoms with Gasteiger partial charge in [0, 0.05) is 48.7 Å². The Kier molecular flexibility index (Phi) is 6.12. The Morgan fingerprint density at radius 1 is 1.17 bits per heavy atom. The van der Waals surface area contributed by atoms with E-state index in [0.29, 0.717) is 30.9 Å². The fourth-order valence-electron chi connectivity index (χ4n) is 3.84. The molecule has 0 aliphatic carbocycles. The van der Waals surface area contributed by atoms with Crippen molar-refractivity contribution in [3.63, 3.8) is 0 Å². The predicted octanol–water partition coefficient (Wildman–Crippen LogP) is 2.91. The lowest BCUT2D eigenvalue weighted by molar-refractivity contribution is 0.183. The molecule has 4 rings (SSSR count). The van der Waals surface area contributed by atoms with Crippen LogP contribution in [0.4, 0.5) is 0 Å². The summed E-state index contributed by atoms with van der Waals surface area (Å²) in [7, 11) is 0. The second kappa shape index (κ2) is 9.12. The second-order valence-electron chi connectivity index (χ2n) is 7.93. The molecule has 2 aliphatic rings. The molecule has 1 fully saturated rings. The van der Waals surface area contributed by atoms with Crippen LogP contribution in [-0.4, -0.2) is 58.6 Å². The van der Waals surface area contributed by atoms with E-state index in [1.807, 2.05) is 12.1 Å². The first kappa shape index (κ1) is 20.1. The summed E-state index contributed by atoms with van der Waals surface area (Å²) in [5.74, 6) is 6.70. The maximum atomic E-state index is 10.1. The van der Waals surface area contributed by atoms with Gasteiger partial charge in [0.15, 0.2) is 0 Å². The standard InChI is InChI=1S/C24H27N5O/c1-18(2)29-17-28(14-22-24(30)13-26-16-27-22)15-23(29)21-9-7-19(8-10-21)5-6-20-4-3-11-25-12-20/h3-4,7-12,16,18,23,30H,13-15,17H2,1-2H3,(H,26,27). The highest BCUT2D eigenvalue weighted by molar-refractivity contribution is 5.59. The van der Waals surface area contributed by atoms with E-state index in [1.165, 1.54) is 5.56 Å². The molecule has 30 heavy (non-hydrogen) atoms. The van der Waals surface area contributed by atoms with Crippen molar-refractivity contribution in [1.29, 1.82) is 0 Å². The van der Waals surface area contributed by atoms with Crippen molar-refractivity contribution < 1.29 is 5.11 Å². The number of pyridine rings is 1. The SMILES string of the molecule is CC(C)N1CN(CC2=C(O)CN=CN2)CC1c1ccc(C#Cc2cccnc2)cc1. The molecular formula is C24H27N5O. The summed E-state index contributed by atoms with van der Waals surface area (Å²) in [5, 5.41) is 13.2. The zero-order chi connectivity index (χ0) is 20.9. The monoisotopic (exact) mass is 401 g/mol. The van der Waals surface area contributed by atoms with Gasteiger partial charge < -0.3 is 10.4 Å². The number of nitrogens with one attached hydrogen (secondary N) is 1. The van der Waals surface area contributed by atoms with Gasteiger partial charge in [-0.25, -0.2) is 0 Å². The van der Waals surface area contributed by atoms with Crippen LogP contribution >= 0.6 is 0 Å². The summed E-state index contributed by atoms with van der Waals surface area (Å²) in [5.41, 5.74) is 4.04. The van der Waals surface area contributed by atoms with Gasteiger partial charge in [-0.15, -0.1) is 0 Å². The normalized spacial score (nSPS) is 19.6. The van der Waals surface area contributed by atoms with E-state index < -0.39 is 0 Å². The van der Waals surface area contributed by atoms with Crippen LogP contribution in [-0.2, 0) is 0 Å². The van der Waals surface area contributed by atoms with E-state index in [0.717, 1.165) is 30.0 Å². The Bertz CT molecular complexity index is 986. The zero-order valence-electron chi connectivity index (χ0n) is 17.4. The Morgan fingerprint density at radius 3 is 2.67 bits per heavy atom. The highest BCUT2D eigenvalue weighted by Crippen LogP contribution is 2.30. The second-order valence-corrected chi connectivity index (χ2v) is 7.93. The summed E-state index contributed by atoms with van der Waals surface area (Å²) in [4.78, 5) is 13.0. The Balaban J connectivity index is 1.47. The molecule has 0 radical (unpaired) electrons. The van der Waals surface area contributed by atoms with Gasteiger partial charge in [-0.2, -0.15) is 0 Å². The lowest BCUT2D eigenvalue weighted by Crippen LogP contribution is -2.35. The number of aliphatic hydroxyl groups is 1. The highest BCUT2D eigenvalue weighted by Gasteiger charge is 2.33. The average molecular weight is 402 g/mol. The van der Waals surface area contributed by atoms with Gasteiger partial charge in [0.25, 0.3) is 0 Å². The molecule has 1 aromatic carbocycles. The molecule has 2 aromatic rings. The van der Waals surface area contributed by atoms with Crippen molar-refractivity contribution in [2.24, 2.45) is 4.99 Å². The fourth-order valence-corrected chi connectivity index (χ4v) is 3.84. The van der Waals surface area contributed by atoms with E-state index in [2.05, 4.69) is 75.0 Å². The van der Waals surface area contributed by atoms with Crippen LogP contribution in [0.3, 0.4) is 0 Å². The number of aromatic nitrogens is 1. The van der Waals surface area contributed by atoms with Crippen LogP contribution in [0.1, 0.15) is 36.6 Å². The van der Waals surface area contributed by atoms with Crippen molar-refractivity contribution in [2.75, 3.05) is 26.3 Å². The van der Waals surface area contributed by atoms with Crippen molar-refractivity contribution in [3.05, 3.63) is 76.9 Å². The molecular weight excluding hydrogens is 374 g/mol. The lowest BCUT2D eigenvalue weighted by Gasteiger charge is -2.27. The minimum absolute atomic E-state index is 0.310. The first-order valence-electron chi connectivity index (χ1n) is 10.3. The maximum absolute atomic E-state index is 10.1. The Hall–Kier alpha value is -3.14. The molecule has 1 aromatic heterocycles. The highest BCUT2D eigenvalue weighted by atomic mass is 16.3. The van der Waals surface area contributed by atoms with Crippen LogP contribution in [0.25, 0.3) is 0 Å². The number of hydrogen-bond donors (Lipinski definition) is 2. The van der Waals surface area contributed by atoms with E-state index in [4.69, 9.17) is 0 Å². The minimum Gasteiger partial charge on any atom is -0.508 e. The van der Waals surface area contributed by atoms with E-state index in [1.54, 1.807) is 18.7 Å². The third-order valence-electron chi connectivity index (χ3n) is 5.47. The first-order chi connectivity index (χ1) is 14.6. The average Bonchev–Trinajstić information content (AvgIpc) is 3.19. The van der Waals surface area contributed by atoms with Crippen molar-refractivity contribution in [1.82, 2.24) is 20.1 Å². The van der Waals surface area contributed by atoms with Gasteiger partial charge in [0.1, 0.15) is 5.76 Å². The molecule has 3 heterocycles. The Morgan fingerprint density at radius 2 is 1.97 bits per heavy atom. The molecule has 0 spiro atoms. The fraction of sp³-hybridized carbons (Fsp3) is 0.333. The molecule has 0 amide bonds. The molecule has 0 saturated carbocycles. The zero-order valence-corrected chi connectivity index (χ0v) is 17.4. The number of benzene rings is 1. The van der Waals surface area contributed by atoms with E-state index >= 15 is 0 Å². The summed E-state index contributed by atoms with van der Waals surface area (Å²) >= 11 is 0. The number of aliphatic imine (C=N–C) groups is 1. The molecule has 2 N–H and O–H groups in total. The molecule has 1 atom stereocenters. The molecule has 6 heteroatoms. The number of hydrogen-bond acceptors (Lipinski definition) is 6. The number of nitrogens with zero attached hydrogens (tertiary/aromatic N) is 4. The topological polar surface area (TPSA) is 64.0 Å². The number of rotatable bonds is 4. The maximum Gasteiger partial charge on any atom is 0.134 e. The summed E-state index contributed by atoms with van der Waals surface area (Å²) in [6.07, 6.45) is 5.19. The van der Waals surface area contributed by atoms with Gasteiger partial charge in [0.2, 0.25) is 0 Å². The van der Waals surface area contributed by atoms with Gasteiger partial charge >= 0.3 is 0 Å². The predicted molar refractivity (Wildman–Crippen MR) is 119 cm³/mol. The van der Waals surface area contributed by atoms with Gasteiger partial charge in [0.05, 0.1) is 25.2 Å². The van der Waals surface area contributed by atoms with E-state index in [9.17, 15) is 5.11 Å². The lowest BCUT2D eigenvalue weighted by atomic mass is 10.0. The quantitative estimate of drug-likeness (QED) is 0.772. The third-order valence-corrected chi connectivity index (χ3v) is 5.47. The van der Waals surface area contributed by atoms with Crippen molar-refractivity contribution in [3.8, 4) is 11.8 Å². The van der Waals surface area contributed by atoms with Gasteiger partial charge in [-0.05, 0) is 43.7 Å². The largest absolute Gasteiger partial charge is 0.508 e. The van der Waals surface area contributed by atoms with Crippen molar-refractivity contribution in [2.45, 2.75) is 25.9 Å². The molecule has 1 unspecified atom stereocenters. The van der Waals surface area contributed by atoms with Crippen LogP contribution < -0.4 is 5.32 Å². The first-order valence-corrected chi connectivity index (χ1v) is 10.3. The van der Waals surface area contributed by atoms with Crippen LogP contribution in [0.15, 0.2) is 65.2 Å². The van der Waals surface area contributed by atoms with Gasteiger partial charge in [-0.3, -0.25) is 19.8 Å². The minimum atomic E-state index is 0.310. The molecule has 6 nitrogen and oxygen atoms in total. The summed E-state index contributed by atoms with van der Waals surface area (Å²) in [6.45, 7) is 7.27. The van der Waals surface area contributed by atoms with E-state index in [-0.39, 0.29) is 0 Å². The molecule has 1 saturated heterocycles. The van der Waals surface area contributed by atoms with Crippen molar-refractivity contribution >= 4 is 6.34 Å². The summed E-state index contributed by atoms with van der Waals surface area (Å²) in [6, 6.07) is 13.1. The number of aliphatic hydroxyl groups excluding tert-OH is 1. The van der Waals surface area contributed by atoms with Gasteiger partial charge in [-0.1, -0.05) is 24.0 Å². The Labute approximate surface area is 178 Å². The summed E-state index contributed by atoms with van der Waals surface area (Å²) < 4.78 is 0. The smallest absolute Gasteiger partial charge is 0.134 e.